The smallest absolute Gasteiger partial charge is 0.239 e. The van der Waals surface area contributed by atoms with Gasteiger partial charge in [-0.05, 0) is 50.5 Å². The highest BCUT2D eigenvalue weighted by Gasteiger charge is 2.32. The predicted octanol–water partition coefficient (Wildman–Crippen LogP) is 3.66. The Morgan fingerprint density at radius 1 is 1.29 bits per heavy atom. The van der Waals surface area contributed by atoms with Gasteiger partial charge in [0.05, 0.1) is 18.8 Å². The lowest BCUT2D eigenvalue weighted by atomic mass is 10.1. The van der Waals surface area contributed by atoms with Gasteiger partial charge >= 0.3 is 0 Å². The van der Waals surface area contributed by atoms with Crippen LogP contribution in [0.25, 0.3) is 11.5 Å². The number of oxazole rings is 1. The van der Waals surface area contributed by atoms with E-state index in [-0.39, 0.29) is 11.9 Å². The van der Waals surface area contributed by atoms with Crippen LogP contribution in [0, 0.1) is 19.8 Å². The number of methoxy groups -OCH3 is 1. The summed E-state index contributed by atoms with van der Waals surface area (Å²) in [6.07, 6.45) is 0. The van der Waals surface area contributed by atoms with E-state index in [1.807, 2.05) is 43.9 Å². The van der Waals surface area contributed by atoms with Crippen molar-refractivity contribution in [2.45, 2.75) is 47.2 Å². The fraction of sp³-hybridized carbons (Fsp3) is 0.545. The number of hydrogen-bond acceptors (Lipinski definition) is 5. The molecule has 1 saturated heterocycles. The van der Waals surface area contributed by atoms with Gasteiger partial charge < -0.3 is 14.1 Å². The van der Waals surface area contributed by atoms with Gasteiger partial charge in [0.15, 0.2) is 0 Å². The normalized spacial score (nSPS) is 18.2. The molecule has 6 nitrogen and oxygen atoms in total. The van der Waals surface area contributed by atoms with E-state index >= 15 is 0 Å². The van der Waals surface area contributed by atoms with Crippen LogP contribution in [0.2, 0.25) is 0 Å². The Morgan fingerprint density at radius 3 is 2.68 bits per heavy atom. The molecule has 0 unspecified atom stereocenters. The first kappa shape index (κ1) is 20.4. The maximum atomic E-state index is 12.7. The van der Waals surface area contributed by atoms with Gasteiger partial charge in [-0.2, -0.15) is 0 Å². The summed E-state index contributed by atoms with van der Waals surface area (Å²) in [5, 5.41) is 0. The van der Waals surface area contributed by atoms with Gasteiger partial charge in [-0.1, -0.05) is 13.8 Å². The zero-order valence-electron chi connectivity index (χ0n) is 17.8. The summed E-state index contributed by atoms with van der Waals surface area (Å²) in [6.45, 7) is 13.3. The van der Waals surface area contributed by atoms with E-state index in [2.05, 4.69) is 18.7 Å². The van der Waals surface area contributed by atoms with Crippen LogP contribution in [-0.4, -0.2) is 53.5 Å². The molecule has 0 saturated carbocycles. The van der Waals surface area contributed by atoms with Crippen molar-refractivity contribution in [3.63, 3.8) is 0 Å². The molecule has 2 aromatic rings. The molecular formula is C22H31N3O3. The molecule has 1 aliphatic rings. The minimum Gasteiger partial charge on any atom is -0.496 e. The molecular weight excluding hydrogens is 354 g/mol. The SMILES string of the molecule is COc1ccc(-c2nc(CN3CCN(CC(C)C)C(=O)[C@@H]3C)c(C)o2)cc1C. The van der Waals surface area contributed by atoms with Gasteiger partial charge in [0.25, 0.3) is 0 Å². The molecule has 1 aromatic heterocycles. The lowest BCUT2D eigenvalue weighted by Gasteiger charge is -2.39. The molecule has 6 heteroatoms. The van der Waals surface area contributed by atoms with Crippen LogP contribution in [-0.2, 0) is 11.3 Å². The van der Waals surface area contributed by atoms with Crippen molar-refractivity contribution >= 4 is 5.91 Å². The lowest BCUT2D eigenvalue weighted by molar-refractivity contribution is -0.142. The van der Waals surface area contributed by atoms with E-state index < -0.39 is 0 Å². The molecule has 0 radical (unpaired) electrons. The third kappa shape index (κ3) is 4.22. The van der Waals surface area contributed by atoms with Crippen LogP contribution in [0.5, 0.6) is 5.75 Å². The third-order valence-corrected chi connectivity index (χ3v) is 5.35. The molecule has 1 aliphatic heterocycles. The van der Waals surface area contributed by atoms with Crippen LogP contribution >= 0.6 is 0 Å². The monoisotopic (exact) mass is 385 g/mol. The highest BCUT2D eigenvalue weighted by Crippen LogP contribution is 2.28. The fourth-order valence-corrected chi connectivity index (χ4v) is 3.71. The molecule has 1 fully saturated rings. The number of nitrogens with zero attached hydrogens (tertiary/aromatic N) is 3. The summed E-state index contributed by atoms with van der Waals surface area (Å²) < 4.78 is 11.3. The van der Waals surface area contributed by atoms with Gasteiger partial charge in [-0.15, -0.1) is 0 Å². The van der Waals surface area contributed by atoms with Gasteiger partial charge in [0.2, 0.25) is 11.8 Å². The largest absolute Gasteiger partial charge is 0.496 e. The summed E-state index contributed by atoms with van der Waals surface area (Å²) in [5.41, 5.74) is 2.86. The Kier molecular flexibility index (Phi) is 6.08. The van der Waals surface area contributed by atoms with Crippen molar-refractivity contribution < 1.29 is 13.9 Å². The second kappa shape index (κ2) is 8.35. The number of hydrogen-bond donors (Lipinski definition) is 0. The van der Waals surface area contributed by atoms with Crippen LogP contribution in [0.3, 0.4) is 0 Å². The standard InChI is InChI=1S/C22H31N3O3/c1-14(2)12-25-10-9-24(16(4)22(25)26)13-19-17(5)28-21(23-19)18-7-8-20(27-6)15(3)11-18/h7-8,11,14,16H,9-10,12-13H2,1-6H3/t16-/m0/s1. The van der Waals surface area contributed by atoms with Crippen molar-refractivity contribution in [3.8, 4) is 17.2 Å². The van der Waals surface area contributed by atoms with Crippen LogP contribution < -0.4 is 4.74 Å². The molecule has 1 atom stereocenters. The van der Waals surface area contributed by atoms with Crippen LogP contribution in [0.4, 0.5) is 0 Å². The van der Waals surface area contributed by atoms with Gasteiger partial charge in [-0.3, -0.25) is 9.69 Å². The Morgan fingerprint density at radius 2 is 2.04 bits per heavy atom. The number of piperazine rings is 1. The topological polar surface area (TPSA) is 58.8 Å². The third-order valence-electron chi connectivity index (χ3n) is 5.35. The first-order valence-corrected chi connectivity index (χ1v) is 9.94. The number of ether oxygens (including phenoxy) is 1. The van der Waals surface area contributed by atoms with E-state index in [4.69, 9.17) is 14.1 Å². The first-order valence-electron chi connectivity index (χ1n) is 9.94. The van der Waals surface area contributed by atoms with E-state index in [0.717, 1.165) is 48.0 Å². The summed E-state index contributed by atoms with van der Waals surface area (Å²) in [5.74, 6) is 2.94. The molecule has 0 N–H and O–H groups in total. The Bertz CT molecular complexity index is 844. The van der Waals surface area contributed by atoms with Crippen molar-refractivity contribution in [1.29, 1.82) is 0 Å². The fourth-order valence-electron chi connectivity index (χ4n) is 3.71. The molecule has 152 valence electrons. The van der Waals surface area contributed by atoms with Crippen molar-refractivity contribution in [1.82, 2.24) is 14.8 Å². The van der Waals surface area contributed by atoms with E-state index in [9.17, 15) is 4.79 Å². The van der Waals surface area contributed by atoms with Crippen LogP contribution in [0.15, 0.2) is 22.6 Å². The second-order valence-corrected chi connectivity index (χ2v) is 8.03. The predicted molar refractivity (Wildman–Crippen MR) is 109 cm³/mol. The zero-order valence-corrected chi connectivity index (χ0v) is 17.8. The van der Waals surface area contributed by atoms with Crippen molar-refractivity contribution in [2.24, 2.45) is 5.92 Å². The molecule has 28 heavy (non-hydrogen) atoms. The minimum atomic E-state index is -0.143. The molecule has 1 aromatic carbocycles. The van der Waals surface area contributed by atoms with Gasteiger partial charge in [0.1, 0.15) is 11.5 Å². The van der Waals surface area contributed by atoms with Crippen molar-refractivity contribution in [3.05, 3.63) is 35.2 Å². The average molecular weight is 386 g/mol. The quantitative estimate of drug-likeness (QED) is 0.760. The molecule has 0 aliphatic carbocycles. The molecule has 3 rings (SSSR count). The average Bonchev–Trinajstić information content (AvgIpc) is 3.01. The van der Waals surface area contributed by atoms with E-state index in [1.54, 1.807) is 7.11 Å². The minimum absolute atomic E-state index is 0.143. The van der Waals surface area contributed by atoms with E-state index in [1.165, 1.54) is 0 Å². The van der Waals surface area contributed by atoms with Crippen LogP contribution in [0.1, 0.15) is 37.8 Å². The summed E-state index contributed by atoms with van der Waals surface area (Å²) in [7, 11) is 1.67. The second-order valence-electron chi connectivity index (χ2n) is 8.03. The summed E-state index contributed by atoms with van der Waals surface area (Å²) in [6, 6.07) is 5.76. The molecule has 0 spiro atoms. The Hall–Kier alpha value is -2.34. The number of carbonyl (C=O) groups is 1. The van der Waals surface area contributed by atoms with E-state index in [0.29, 0.717) is 18.4 Å². The number of amides is 1. The number of aromatic nitrogens is 1. The van der Waals surface area contributed by atoms with Crippen molar-refractivity contribution in [2.75, 3.05) is 26.7 Å². The summed E-state index contributed by atoms with van der Waals surface area (Å²) >= 11 is 0. The Labute approximate surface area is 167 Å². The molecule has 1 amide bonds. The lowest BCUT2D eigenvalue weighted by Crippen LogP contribution is -2.56. The van der Waals surface area contributed by atoms with Gasteiger partial charge in [0, 0.05) is 31.7 Å². The number of carbonyl (C=O) groups excluding carboxylic acids is 1. The number of rotatable bonds is 6. The molecule has 2 heterocycles. The number of aryl methyl sites for hydroxylation is 2. The highest BCUT2D eigenvalue weighted by molar-refractivity contribution is 5.82. The number of benzene rings is 1. The van der Waals surface area contributed by atoms with Gasteiger partial charge in [-0.25, -0.2) is 4.98 Å². The highest BCUT2D eigenvalue weighted by atomic mass is 16.5. The Balaban J connectivity index is 1.74. The zero-order chi connectivity index (χ0) is 20.4. The summed E-state index contributed by atoms with van der Waals surface area (Å²) in [4.78, 5) is 21.6. The maximum absolute atomic E-state index is 12.7. The molecule has 0 bridgehead atoms. The maximum Gasteiger partial charge on any atom is 0.239 e. The first-order chi connectivity index (χ1) is 13.3.